The average Bonchev–Trinajstić information content (AvgIpc) is 2.43. The van der Waals surface area contributed by atoms with Gasteiger partial charge in [0.15, 0.2) is 0 Å². The number of H-pyrrole nitrogens is 1. The summed E-state index contributed by atoms with van der Waals surface area (Å²) in [4.78, 5) is 19.3. The van der Waals surface area contributed by atoms with E-state index in [4.69, 9.17) is 4.74 Å². The van der Waals surface area contributed by atoms with Crippen molar-refractivity contribution in [1.82, 2.24) is 9.97 Å². The number of nitrogens with zero attached hydrogens (tertiary/aromatic N) is 1. The van der Waals surface area contributed by atoms with Gasteiger partial charge in [-0.3, -0.25) is 4.79 Å². The summed E-state index contributed by atoms with van der Waals surface area (Å²) in [5.41, 5.74) is 1.50. The molecule has 5 heteroatoms. The zero-order valence-electron chi connectivity index (χ0n) is 11.7. The van der Waals surface area contributed by atoms with Crippen LogP contribution in [-0.4, -0.2) is 17.1 Å². The van der Waals surface area contributed by atoms with Crippen LogP contribution in [0.15, 0.2) is 33.5 Å². The maximum absolute atomic E-state index is 12.0. The van der Waals surface area contributed by atoms with E-state index in [9.17, 15) is 4.79 Å². The summed E-state index contributed by atoms with van der Waals surface area (Å²) >= 11 is 3.31. The highest BCUT2D eigenvalue weighted by Gasteiger charge is 2.11. The van der Waals surface area contributed by atoms with Crippen molar-refractivity contribution >= 4 is 15.9 Å². The molecule has 106 valence electrons. The molecular weight excluding hydrogens is 320 g/mol. The Balaban J connectivity index is 2.45. The predicted molar refractivity (Wildman–Crippen MR) is 83.1 cm³/mol. The number of rotatable bonds is 4. The molecule has 0 unspecified atom stereocenters. The highest BCUT2D eigenvalue weighted by molar-refractivity contribution is 9.10. The molecule has 0 radical (unpaired) electrons. The molecule has 0 aliphatic carbocycles. The number of aromatic amines is 1. The Morgan fingerprint density at radius 3 is 2.50 bits per heavy atom. The number of ether oxygens (including phenoxy) is 1. The third kappa shape index (κ3) is 3.28. The van der Waals surface area contributed by atoms with E-state index in [0.29, 0.717) is 16.2 Å². The minimum absolute atomic E-state index is 0.151. The lowest BCUT2D eigenvalue weighted by molar-refractivity contribution is 0.415. The first-order valence-electron chi connectivity index (χ1n) is 6.44. The summed E-state index contributed by atoms with van der Waals surface area (Å²) in [5.74, 6) is 1.79. The number of benzene rings is 1. The van der Waals surface area contributed by atoms with E-state index in [1.54, 1.807) is 7.11 Å². The predicted octanol–water partition coefficient (Wildman–Crippen LogP) is 3.41. The molecule has 0 saturated carbocycles. The highest BCUT2D eigenvalue weighted by Crippen LogP contribution is 2.21. The van der Waals surface area contributed by atoms with Crippen molar-refractivity contribution in [3.05, 3.63) is 44.8 Å². The number of nitrogens with one attached hydrogen (secondary N) is 1. The molecule has 1 heterocycles. The molecule has 20 heavy (non-hydrogen) atoms. The quantitative estimate of drug-likeness (QED) is 0.930. The van der Waals surface area contributed by atoms with E-state index in [2.05, 4.69) is 39.7 Å². The number of hydrogen-bond donors (Lipinski definition) is 1. The fourth-order valence-electron chi connectivity index (χ4n) is 1.91. The minimum Gasteiger partial charge on any atom is -0.497 e. The largest absolute Gasteiger partial charge is 0.497 e. The standard InChI is InChI=1S/C15H17BrN2O2/c1-9(2)8-12-13(16)15(19)18-14(17-12)10-4-6-11(20-3)7-5-10/h4-7,9H,8H2,1-3H3,(H,17,18,19). The highest BCUT2D eigenvalue weighted by atomic mass is 79.9. The molecular formula is C15H17BrN2O2. The Bertz CT molecular complexity index is 648. The molecule has 2 rings (SSSR count). The van der Waals surface area contributed by atoms with Crippen LogP contribution < -0.4 is 10.3 Å². The first-order chi connectivity index (χ1) is 9.51. The van der Waals surface area contributed by atoms with Gasteiger partial charge in [-0.25, -0.2) is 4.98 Å². The van der Waals surface area contributed by atoms with Gasteiger partial charge < -0.3 is 9.72 Å². The van der Waals surface area contributed by atoms with Gasteiger partial charge in [-0.15, -0.1) is 0 Å². The van der Waals surface area contributed by atoms with Crippen LogP contribution in [0.25, 0.3) is 11.4 Å². The molecule has 1 N–H and O–H groups in total. The maximum atomic E-state index is 12.0. The van der Waals surface area contributed by atoms with E-state index < -0.39 is 0 Å². The number of halogens is 1. The minimum atomic E-state index is -0.151. The van der Waals surface area contributed by atoms with E-state index in [0.717, 1.165) is 23.4 Å². The molecule has 0 aliphatic rings. The van der Waals surface area contributed by atoms with Gasteiger partial charge in [-0.1, -0.05) is 13.8 Å². The van der Waals surface area contributed by atoms with Crippen molar-refractivity contribution in [3.8, 4) is 17.1 Å². The summed E-state index contributed by atoms with van der Waals surface area (Å²) in [6.07, 6.45) is 0.758. The van der Waals surface area contributed by atoms with Crippen molar-refractivity contribution in [3.63, 3.8) is 0 Å². The van der Waals surface area contributed by atoms with Crippen LogP contribution in [0.1, 0.15) is 19.5 Å². The third-order valence-corrected chi connectivity index (χ3v) is 3.71. The van der Waals surface area contributed by atoms with E-state index >= 15 is 0 Å². The Morgan fingerprint density at radius 1 is 1.30 bits per heavy atom. The molecule has 4 nitrogen and oxygen atoms in total. The zero-order chi connectivity index (χ0) is 14.7. The van der Waals surface area contributed by atoms with Crippen LogP contribution in [-0.2, 0) is 6.42 Å². The van der Waals surface area contributed by atoms with Crippen molar-refractivity contribution < 1.29 is 4.74 Å². The van der Waals surface area contributed by atoms with Gasteiger partial charge in [0.1, 0.15) is 16.0 Å². The Labute approximate surface area is 126 Å². The normalized spacial score (nSPS) is 10.8. The van der Waals surface area contributed by atoms with Crippen LogP contribution in [0.3, 0.4) is 0 Å². The average molecular weight is 337 g/mol. The van der Waals surface area contributed by atoms with Gasteiger partial charge in [-0.05, 0) is 52.5 Å². The van der Waals surface area contributed by atoms with Crippen LogP contribution in [0.4, 0.5) is 0 Å². The van der Waals surface area contributed by atoms with Crippen molar-refractivity contribution in [2.24, 2.45) is 5.92 Å². The molecule has 0 saturated heterocycles. The summed E-state index contributed by atoms with van der Waals surface area (Å²) in [7, 11) is 1.62. The monoisotopic (exact) mass is 336 g/mol. The summed E-state index contributed by atoms with van der Waals surface area (Å²) in [5, 5.41) is 0. The van der Waals surface area contributed by atoms with Crippen LogP contribution >= 0.6 is 15.9 Å². The first-order valence-corrected chi connectivity index (χ1v) is 7.23. The fourth-order valence-corrected chi connectivity index (χ4v) is 2.26. The first kappa shape index (κ1) is 14.8. The molecule has 1 aromatic heterocycles. The van der Waals surface area contributed by atoms with E-state index in [-0.39, 0.29) is 5.56 Å². The molecule has 0 fully saturated rings. The SMILES string of the molecule is COc1ccc(-c2nc(CC(C)C)c(Br)c(=O)[nH]2)cc1. The van der Waals surface area contributed by atoms with Crippen LogP contribution in [0.5, 0.6) is 5.75 Å². The molecule has 0 bridgehead atoms. The van der Waals surface area contributed by atoms with Gasteiger partial charge in [0.05, 0.1) is 12.8 Å². The Morgan fingerprint density at radius 2 is 1.95 bits per heavy atom. The summed E-state index contributed by atoms with van der Waals surface area (Å²) in [6.45, 7) is 4.20. The number of hydrogen-bond acceptors (Lipinski definition) is 3. The molecule has 0 aliphatic heterocycles. The lowest BCUT2D eigenvalue weighted by atomic mass is 10.1. The lowest BCUT2D eigenvalue weighted by Gasteiger charge is -2.09. The third-order valence-electron chi connectivity index (χ3n) is 2.90. The van der Waals surface area contributed by atoms with Crippen LogP contribution in [0, 0.1) is 5.92 Å². The van der Waals surface area contributed by atoms with E-state index in [1.807, 2.05) is 24.3 Å². The second kappa shape index (κ2) is 6.22. The van der Waals surface area contributed by atoms with Crippen molar-refractivity contribution in [1.29, 1.82) is 0 Å². The van der Waals surface area contributed by atoms with Gasteiger partial charge in [-0.2, -0.15) is 0 Å². The summed E-state index contributed by atoms with van der Waals surface area (Å²) in [6, 6.07) is 7.45. The van der Waals surface area contributed by atoms with Crippen molar-refractivity contribution in [2.45, 2.75) is 20.3 Å². The van der Waals surface area contributed by atoms with E-state index in [1.165, 1.54) is 0 Å². The molecule has 1 aromatic carbocycles. The smallest absolute Gasteiger partial charge is 0.265 e. The molecule has 0 amide bonds. The number of methoxy groups -OCH3 is 1. The van der Waals surface area contributed by atoms with Crippen LogP contribution in [0.2, 0.25) is 0 Å². The van der Waals surface area contributed by atoms with Gasteiger partial charge in [0.25, 0.3) is 5.56 Å². The summed E-state index contributed by atoms with van der Waals surface area (Å²) < 4.78 is 5.64. The van der Waals surface area contributed by atoms with Crippen molar-refractivity contribution in [2.75, 3.05) is 7.11 Å². The Hall–Kier alpha value is -1.62. The second-order valence-electron chi connectivity index (χ2n) is 5.00. The second-order valence-corrected chi connectivity index (χ2v) is 5.79. The van der Waals surface area contributed by atoms with Gasteiger partial charge in [0, 0.05) is 5.56 Å². The fraction of sp³-hybridized carbons (Fsp3) is 0.333. The van der Waals surface area contributed by atoms with Gasteiger partial charge >= 0.3 is 0 Å². The number of aromatic nitrogens is 2. The molecule has 0 spiro atoms. The maximum Gasteiger partial charge on any atom is 0.265 e. The molecule has 0 atom stereocenters. The van der Waals surface area contributed by atoms with Gasteiger partial charge in [0.2, 0.25) is 0 Å². The zero-order valence-corrected chi connectivity index (χ0v) is 13.3. The molecule has 2 aromatic rings. The topological polar surface area (TPSA) is 55.0 Å². The Kier molecular flexibility index (Phi) is 4.60. The lowest BCUT2D eigenvalue weighted by Crippen LogP contribution is -2.14.